The van der Waals surface area contributed by atoms with Gasteiger partial charge in [-0.3, -0.25) is 14.5 Å². The zero-order valence-corrected chi connectivity index (χ0v) is 31.2. The molecule has 1 amide bonds. The summed E-state index contributed by atoms with van der Waals surface area (Å²) in [5.74, 6) is -0.0724. The maximum absolute atomic E-state index is 13.3. The van der Waals surface area contributed by atoms with Crippen LogP contribution in [0.2, 0.25) is 0 Å². The van der Waals surface area contributed by atoms with Crippen LogP contribution in [-0.2, 0) is 19.1 Å². The number of aliphatic hydroxyl groups excluding tert-OH is 2. The van der Waals surface area contributed by atoms with E-state index < -0.39 is 47.2 Å². The van der Waals surface area contributed by atoms with Crippen molar-refractivity contribution in [3.05, 3.63) is 0 Å². The maximum atomic E-state index is 13.3. The fourth-order valence-electron chi connectivity index (χ4n) is 7.07. The molecule has 2 rings (SSSR count). The van der Waals surface area contributed by atoms with Gasteiger partial charge >= 0.3 is 5.97 Å². The van der Waals surface area contributed by atoms with Gasteiger partial charge in [0.2, 0.25) is 5.91 Å². The average molecular weight is 691 g/mol. The minimum absolute atomic E-state index is 0.151. The van der Waals surface area contributed by atoms with E-state index in [2.05, 4.69) is 24.1 Å². The van der Waals surface area contributed by atoms with Gasteiger partial charge in [-0.2, -0.15) is 0 Å². The Balaban J connectivity index is 1.71. The van der Waals surface area contributed by atoms with Gasteiger partial charge in [0, 0.05) is 13.0 Å². The van der Waals surface area contributed by atoms with Crippen LogP contribution in [0, 0.1) is 5.92 Å². The highest BCUT2D eigenvalue weighted by molar-refractivity contribution is 7.99. The summed E-state index contributed by atoms with van der Waals surface area (Å²) in [6, 6.07) is -1.01. The number of likely N-dealkylation sites (tertiary alicyclic amines) is 1. The van der Waals surface area contributed by atoms with Crippen molar-refractivity contribution in [2.45, 2.75) is 190 Å². The van der Waals surface area contributed by atoms with Crippen LogP contribution < -0.4 is 5.32 Å². The van der Waals surface area contributed by atoms with E-state index in [-0.39, 0.29) is 18.4 Å². The number of hydrogen-bond donors (Lipinski definition) is 3. The number of ether oxygens (including phenoxy) is 2. The number of esters is 1. The largest absolute Gasteiger partial charge is 0.456 e. The number of nitrogens with zero attached hydrogens (tertiary/aromatic N) is 1. The molecule has 0 spiro atoms. The van der Waals surface area contributed by atoms with Crippen LogP contribution in [-0.4, -0.2) is 94.2 Å². The quantitative estimate of drug-likeness (QED) is 0.0555. The summed E-state index contributed by atoms with van der Waals surface area (Å²) in [5.41, 5.74) is -0.702. The fourth-order valence-corrected chi connectivity index (χ4v) is 8.00. The van der Waals surface area contributed by atoms with E-state index in [0.717, 1.165) is 45.1 Å². The Kier molecular flexibility index (Phi) is 21.4. The Morgan fingerprint density at radius 2 is 1.46 bits per heavy atom. The number of alkyl halides is 1. The van der Waals surface area contributed by atoms with Crippen LogP contribution in [0.1, 0.15) is 143 Å². The van der Waals surface area contributed by atoms with E-state index in [0.29, 0.717) is 5.92 Å². The molecule has 0 radical (unpaired) electrons. The number of carbonyl (C=O) groups is 2. The summed E-state index contributed by atoms with van der Waals surface area (Å²) in [6.45, 7) is 7.02. The Hall–Kier alpha value is -0.580. The van der Waals surface area contributed by atoms with Crippen LogP contribution in [0.25, 0.3) is 0 Å². The van der Waals surface area contributed by atoms with Gasteiger partial charge in [0.1, 0.15) is 23.7 Å². The Morgan fingerprint density at radius 3 is 1.96 bits per heavy atom. The molecule has 270 valence electrons. The Morgan fingerprint density at radius 1 is 0.913 bits per heavy atom. The SMILES string of the molecule is CCCCCCCCCCCCCCCCCC(=O)OC1C(SC)OC(C(NC(=O)C2CC(CCC)CN2C)C(C)Cl)C(O)C1O. The second kappa shape index (κ2) is 23.7. The zero-order chi connectivity index (χ0) is 33.9. The molecule has 9 atom stereocenters. The number of halogens is 1. The first-order chi connectivity index (χ1) is 22.1. The van der Waals surface area contributed by atoms with E-state index >= 15 is 0 Å². The third-order valence-corrected chi connectivity index (χ3v) is 11.0. The standard InChI is InChI=1S/C36H67ClN2O6S/c1-6-8-9-10-11-12-13-14-15-16-17-18-19-20-21-23-29(40)44-34-32(42)31(41)33(45-36(34)46-5)30(26(3)37)38-35(43)28-24-27(22-7-2)25-39(28)4/h26-28,30-34,36,41-42H,6-25H2,1-5H3,(H,38,43). The normalized spacial score (nSPS) is 28.2. The molecule has 2 aliphatic rings. The number of nitrogens with one attached hydrogen (secondary N) is 1. The Labute approximate surface area is 289 Å². The number of aliphatic hydroxyl groups is 2. The van der Waals surface area contributed by atoms with Gasteiger partial charge in [0.25, 0.3) is 0 Å². The topological polar surface area (TPSA) is 108 Å². The van der Waals surface area contributed by atoms with E-state index in [1.807, 2.05) is 7.05 Å². The van der Waals surface area contributed by atoms with Crippen molar-refractivity contribution in [1.82, 2.24) is 10.2 Å². The number of hydrogen-bond acceptors (Lipinski definition) is 8. The summed E-state index contributed by atoms with van der Waals surface area (Å²) in [5, 5.41) is 24.7. The van der Waals surface area contributed by atoms with Gasteiger partial charge in [-0.25, -0.2) is 0 Å². The van der Waals surface area contributed by atoms with Gasteiger partial charge in [-0.15, -0.1) is 23.4 Å². The predicted octanol–water partition coefficient (Wildman–Crippen LogP) is 7.20. The lowest BCUT2D eigenvalue weighted by molar-refractivity contribution is -0.218. The first-order valence-electron chi connectivity index (χ1n) is 18.5. The highest BCUT2D eigenvalue weighted by atomic mass is 35.5. The van der Waals surface area contributed by atoms with Gasteiger partial charge in [0.15, 0.2) is 6.10 Å². The summed E-state index contributed by atoms with van der Waals surface area (Å²) in [7, 11) is 1.96. The third-order valence-electron chi connectivity index (χ3n) is 9.86. The van der Waals surface area contributed by atoms with Gasteiger partial charge in [-0.05, 0) is 45.4 Å². The second-order valence-electron chi connectivity index (χ2n) is 13.9. The van der Waals surface area contributed by atoms with Crippen LogP contribution in [0.15, 0.2) is 0 Å². The van der Waals surface area contributed by atoms with Crippen LogP contribution in [0.3, 0.4) is 0 Å². The number of amides is 1. The molecular formula is C36H67ClN2O6S. The third kappa shape index (κ3) is 14.5. The summed E-state index contributed by atoms with van der Waals surface area (Å²) < 4.78 is 11.9. The number of thioether (sulfide) groups is 1. The monoisotopic (exact) mass is 690 g/mol. The first kappa shape index (κ1) is 41.6. The molecule has 0 saturated carbocycles. The van der Waals surface area contributed by atoms with Gasteiger partial charge in [0.05, 0.1) is 17.5 Å². The molecule has 3 N–H and O–H groups in total. The molecule has 2 heterocycles. The van der Waals surface area contributed by atoms with Crippen molar-refractivity contribution in [1.29, 1.82) is 0 Å². The fraction of sp³-hybridized carbons (Fsp3) is 0.944. The van der Waals surface area contributed by atoms with Crippen molar-refractivity contribution < 1.29 is 29.3 Å². The number of carbonyl (C=O) groups excluding carboxylic acids is 2. The molecule has 8 nitrogen and oxygen atoms in total. The number of rotatable bonds is 24. The van der Waals surface area contributed by atoms with Crippen molar-refractivity contribution in [2.24, 2.45) is 5.92 Å². The predicted molar refractivity (Wildman–Crippen MR) is 190 cm³/mol. The molecule has 0 aromatic carbocycles. The smallest absolute Gasteiger partial charge is 0.306 e. The second-order valence-corrected chi connectivity index (χ2v) is 15.5. The molecule has 9 unspecified atom stereocenters. The molecule has 46 heavy (non-hydrogen) atoms. The molecule has 2 fully saturated rings. The summed E-state index contributed by atoms with van der Waals surface area (Å²) in [4.78, 5) is 28.1. The minimum Gasteiger partial charge on any atom is -0.456 e. The molecule has 2 aliphatic heterocycles. The molecule has 2 saturated heterocycles. The molecule has 0 bridgehead atoms. The molecule has 0 aliphatic carbocycles. The van der Waals surface area contributed by atoms with Crippen molar-refractivity contribution >= 4 is 35.2 Å². The Bertz CT molecular complexity index is 836. The zero-order valence-electron chi connectivity index (χ0n) is 29.6. The van der Waals surface area contributed by atoms with Crippen LogP contribution >= 0.6 is 23.4 Å². The van der Waals surface area contributed by atoms with Crippen molar-refractivity contribution in [2.75, 3.05) is 19.8 Å². The van der Waals surface area contributed by atoms with Crippen molar-refractivity contribution in [3.8, 4) is 0 Å². The van der Waals surface area contributed by atoms with E-state index in [1.54, 1.807) is 13.2 Å². The van der Waals surface area contributed by atoms with Gasteiger partial charge < -0.3 is 25.0 Å². The van der Waals surface area contributed by atoms with E-state index in [4.69, 9.17) is 21.1 Å². The molecule has 0 aromatic heterocycles. The number of unbranched alkanes of at least 4 members (excludes halogenated alkanes) is 14. The van der Waals surface area contributed by atoms with Crippen LogP contribution in [0.4, 0.5) is 0 Å². The minimum atomic E-state index is -1.38. The number of likely N-dealkylation sites (N-methyl/N-ethyl adjacent to an activating group) is 1. The lowest BCUT2D eigenvalue weighted by Crippen LogP contribution is -2.65. The summed E-state index contributed by atoms with van der Waals surface area (Å²) >= 11 is 7.83. The summed E-state index contributed by atoms with van der Waals surface area (Å²) in [6.07, 6.45) is 19.1. The molecular weight excluding hydrogens is 624 g/mol. The lowest BCUT2D eigenvalue weighted by atomic mass is 9.92. The van der Waals surface area contributed by atoms with Crippen molar-refractivity contribution in [3.63, 3.8) is 0 Å². The van der Waals surface area contributed by atoms with Gasteiger partial charge in [-0.1, -0.05) is 110 Å². The molecule has 0 aromatic rings. The highest BCUT2D eigenvalue weighted by Gasteiger charge is 2.50. The van der Waals surface area contributed by atoms with E-state index in [1.165, 1.54) is 88.8 Å². The maximum Gasteiger partial charge on any atom is 0.306 e. The average Bonchev–Trinajstić information content (AvgIpc) is 3.40. The lowest BCUT2D eigenvalue weighted by Gasteiger charge is -2.45. The molecule has 10 heteroatoms. The highest BCUT2D eigenvalue weighted by Crippen LogP contribution is 2.33. The first-order valence-corrected chi connectivity index (χ1v) is 20.2. The van der Waals surface area contributed by atoms with E-state index in [9.17, 15) is 19.8 Å². The van der Waals surface area contributed by atoms with Crippen LogP contribution in [0.5, 0.6) is 0 Å².